The lowest BCUT2D eigenvalue weighted by molar-refractivity contribution is -0.116. The van der Waals surface area contributed by atoms with E-state index < -0.39 is 10.0 Å². The van der Waals surface area contributed by atoms with E-state index in [0.717, 1.165) is 32.5 Å². The highest BCUT2D eigenvalue weighted by Crippen LogP contribution is 2.19. The first-order valence-corrected chi connectivity index (χ1v) is 11.0. The zero-order valence-electron chi connectivity index (χ0n) is 16.6. The fourth-order valence-corrected chi connectivity index (χ4v) is 4.37. The van der Waals surface area contributed by atoms with Crippen LogP contribution in [0.1, 0.15) is 26.2 Å². The second-order valence-corrected chi connectivity index (χ2v) is 9.12. The molecule has 0 atom stereocenters. The van der Waals surface area contributed by atoms with Crippen molar-refractivity contribution in [2.75, 3.05) is 58.7 Å². The van der Waals surface area contributed by atoms with Crippen LogP contribution < -0.4 is 5.32 Å². The minimum Gasteiger partial charge on any atom is -0.326 e. The lowest BCUT2D eigenvalue weighted by atomic mass is 10.3. The van der Waals surface area contributed by atoms with E-state index in [9.17, 15) is 13.2 Å². The Labute approximate surface area is 163 Å². The van der Waals surface area contributed by atoms with Crippen molar-refractivity contribution in [3.63, 3.8) is 0 Å². The fraction of sp³-hybridized carbons (Fsp3) is 0.632. The predicted octanol–water partition coefficient (Wildman–Crippen LogP) is 1.68. The molecule has 1 amide bonds. The summed E-state index contributed by atoms with van der Waals surface area (Å²) in [6, 6.07) is 6.44. The number of anilines is 1. The number of benzene rings is 1. The van der Waals surface area contributed by atoms with Gasteiger partial charge in [-0.15, -0.1) is 0 Å². The summed E-state index contributed by atoms with van der Waals surface area (Å²) in [5, 5.41) is 2.84. The summed E-state index contributed by atoms with van der Waals surface area (Å²) in [5.74, 6) is -0.0620. The number of piperazine rings is 1. The Balaban J connectivity index is 1.88. The van der Waals surface area contributed by atoms with Crippen LogP contribution in [0, 0.1) is 0 Å². The van der Waals surface area contributed by atoms with Gasteiger partial charge in [-0.1, -0.05) is 13.3 Å². The predicted molar refractivity (Wildman–Crippen MR) is 108 cm³/mol. The molecule has 0 aromatic heterocycles. The highest BCUT2D eigenvalue weighted by atomic mass is 32.2. The van der Waals surface area contributed by atoms with E-state index in [0.29, 0.717) is 31.7 Å². The SMILES string of the molecule is CCCCN(C)CCC(=O)Nc1ccc(S(=O)(=O)N2CCN(C)CC2)cc1. The highest BCUT2D eigenvalue weighted by Gasteiger charge is 2.27. The normalized spacial score (nSPS) is 16.6. The molecule has 0 aliphatic carbocycles. The van der Waals surface area contributed by atoms with Gasteiger partial charge < -0.3 is 15.1 Å². The van der Waals surface area contributed by atoms with E-state index in [1.54, 1.807) is 24.3 Å². The number of rotatable bonds is 9. The van der Waals surface area contributed by atoms with Crippen LogP contribution in [0.25, 0.3) is 0 Å². The molecule has 0 unspecified atom stereocenters. The number of amides is 1. The number of carbonyl (C=O) groups is 1. The first kappa shape index (κ1) is 21.8. The van der Waals surface area contributed by atoms with Gasteiger partial charge in [-0.05, 0) is 51.3 Å². The summed E-state index contributed by atoms with van der Waals surface area (Å²) in [6.07, 6.45) is 2.68. The van der Waals surface area contributed by atoms with Crippen LogP contribution in [0.15, 0.2) is 29.2 Å². The molecule has 1 N–H and O–H groups in total. The third kappa shape index (κ3) is 6.57. The highest BCUT2D eigenvalue weighted by molar-refractivity contribution is 7.89. The maximum atomic E-state index is 12.7. The number of likely N-dealkylation sites (N-methyl/N-ethyl adjacent to an activating group) is 1. The van der Waals surface area contributed by atoms with Gasteiger partial charge in [0, 0.05) is 44.8 Å². The number of sulfonamides is 1. The van der Waals surface area contributed by atoms with Crippen LogP contribution in [-0.4, -0.2) is 81.8 Å². The zero-order valence-corrected chi connectivity index (χ0v) is 17.5. The van der Waals surface area contributed by atoms with Crippen LogP contribution >= 0.6 is 0 Å². The molecule has 152 valence electrons. The van der Waals surface area contributed by atoms with Crippen LogP contribution in [0.5, 0.6) is 0 Å². The van der Waals surface area contributed by atoms with Crippen LogP contribution in [0.2, 0.25) is 0 Å². The van der Waals surface area contributed by atoms with Crippen molar-refractivity contribution in [2.24, 2.45) is 0 Å². The van der Waals surface area contributed by atoms with Gasteiger partial charge in [-0.25, -0.2) is 8.42 Å². The van der Waals surface area contributed by atoms with Crippen LogP contribution in [-0.2, 0) is 14.8 Å². The Bertz CT molecular complexity index is 698. The minimum atomic E-state index is -3.47. The van der Waals surface area contributed by atoms with E-state index in [1.165, 1.54) is 4.31 Å². The van der Waals surface area contributed by atoms with Gasteiger partial charge in [0.25, 0.3) is 0 Å². The number of carbonyl (C=O) groups excluding carboxylic acids is 1. The average molecular weight is 397 g/mol. The first-order chi connectivity index (χ1) is 12.8. The monoisotopic (exact) mass is 396 g/mol. The van der Waals surface area contributed by atoms with Crippen LogP contribution in [0.3, 0.4) is 0 Å². The third-order valence-electron chi connectivity index (χ3n) is 4.85. The maximum Gasteiger partial charge on any atom is 0.243 e. The summed E-state index contributed by atoms with van der Waals surface area (Å²) < 4.78 is 26.9. The minimum absolute atomic E-state index is 0.0620. The molecular formula is C19H32N4O3S. The van der Waals surface area contributed by atoms with Crippen molar-refractivity contribution in [3.05, 3.63) is 24.3 Å². The van der Waals surface area contributed by atoms with Crippen molar-refractivity contribution >= 4 is 21.6 Å². The van der Waals surface area contributed by atoms with Crippen LogP contribution in [0.4, 0.5) is 5.69 Å². The Morgan fingerprint density at radius 2 is 1.74 bits per heavy atom. The molecule has 1 aromatic carbocycles. The molecule has 1 aliphatic rings. The number of hydrogen-bond acceptors (Lipinski definition) is 5. The smallest absolute Gasteiger partial charge is 0.243 e. The molecule has 0 radical (unpaired) electrons. The van der Waals surface area contributed by atoms with Gasteiger partial charge in [-0.3, -0.25) is 4.79 Å². The van der Waals surface area contributed by atoms with Crippen molar-refractivity contribution < 1.29 is 13.2 Å². The Morgan fingerprint density at radius 1 is 1.11 bits per heavy atom. The quantitative estimate of drug-likeness (QED) is 0.688. The molecule has 27 heavy (non-hydrogen) atoms. The lowest BCUT2D eigenvalue weighted by Gasteiger charge is -2.31. The van der Waals surface area contributed by atoms with E-state index >= 15 is 0 Å². The molecule has 7 nitrogen and oxygen atoms in total. The van der Waals surface area contributed by atoms with E-state index in [4.69, 9.17) is 0 Å². The topological polar surface area (TPSA) is 73.0 Å². The first-order valence-electron chi connectivity index (χ1n) is 9.60. The lowest BCUT2D eigenvalue weighted by Crippen LogP contribution is -2.46. The summed E-state index contributed by atoms with van der Waals surface area (Å²) in [5.41, 5.74) is 0.619. The summed E-state index contributed by atoms with van der Waals surface area (Å²) in [4.78, 5) is 16.6. The van der Waals surface area contributed by atoms with E-state index in [2.05, 4.69) is 22.0 Å². The standard InChI is InChI=1S/C19H32N4O3S/c1-4-5-11-21(2)12-10-19(24)20-17-6-8-18(9-7-17)27(25,26)23-15-13-22(3)14-16-23/h6-9H,4-5,10-16H2,1-3H3,(H,20,24). The number of hydrogen-bond donors (Lipinski definition) is 1. The van der Waals surface area contributed by atoms with Gasteiger partial charge in [0.2, 0.25) is 15.9 Å². The largest absolute Gasteiger partial charge is 0.326 e. The van der Waals surface area contributed by atoms with Crippen molar-refractivity contribution in [3.8, 4) is 0 Å². The zero-order chi connectivity index (χ0) is 19.9. The fourth-order valence-electron chi connectivity index (χ4n) is 2.94. The molecule has 8 heteroatoms. The molecule has 1 fully saturated rings. The van der Waals surface area contributed by atoms with Crippen molar-refractivity contribution in [1.29, 1.82) is 0 Å². The number of unbranched alkanes of at least 4 members (excludes halogenated alkanes) is 1. The Morgan fingerprint density at radius 3 is 2.33 bits per heavy atom. The second-order valence-electron chi connectivity index (χ2n) is 7.19. The Kier molecular flexibility index (Phi) is 8.22. The molecule has 2 rings (SSSR count). The molecule has 1 saturated heterocycles. The summed E-state index contributed by atoms with van der Waals surface area (Å²) >= 11 is 0. The molecular weight excluding hydrogens is 364 g/mol. The van der Waals surface area contributed by atoms with Crippen molar-refractivity contribution in [2.45, 2.75) is 31.1 Å². The molecule has 0 saturated carbocycles. The molecule has 1 aromatic rings. The second kappa shape index (κ2) is 10.2. The Hall–Kier alpha value is -1.48. The van der Waals surface area contributed by atoms with Gasteiger partial charge >= 0.3 is 0 Å². The third-order valence-corrected chi connectivity index (χ3v) is 6.76. The average Bonchev–Trinajstić information content (AvgIpc) is 2.65. The summed E-state index contributed by atoms with van der Waals surface area (Å²) in [7, 11) is 0.530. The molecule has 0 spiro atoms. The molecule has 0 bridgehead atoms. The van der Waals surface area contributed by atoms with Gasteiger partial charge in [0.15, 0.2) is 0 Å². The molecule has 1 heterocycles. The van der Waals surface area contributed by atoms with Gasteiger partial charge in [0.1, 0.15) is 0 Å². The number of nitrogens with zero attached hydrogens (tertiary/aromatic N) is 3. The van der Waals surface area contributed by atoms with Crippen molar-refractivity contribution in [1.82, 2.24) is 14.1 Å². The molecule has 1 aliphatic heterocycles. The maximum absolute atomic E-state index is 12.7. The van der Waals surface area contributed by atoms with E-state index in [1.807, 2.05) is 14.1 Å². The number of nitrogens with one attached hydrogen (secondary N) is 1. The van der Waals surface area contributed by atoms with Gasteiger partial charge in [0.05, 0.1) is 4.90 Å². The van der Waals surface area contributed by atoms with E-state index in [-0.39, 0.29) is 10.8 Å². The van der Waals surface area contributed by atoms with Gasteiger partial charge in [-0.2, -0.15) is 4.31 Å². The summed E-state index contributed by atoms with van der Waals surface area (Å²) in [6.45, 7) is 6.32.